The lowest BCUT2D eigenvalue weighted by atomic mass is 9.92. The highest BCUT2D eigenvalue weighted by Gasteiger charge is 2.42. The summed E-state index contributed by atoms with van der Waals surface area (Å²) in [6.45, 7) is 7.47. The third-order valence-corrected chi connectivity index (χ3v) is 6.96. The van der Waals surface area contributed by atoms with Crippen LogP contribution in [0.3, 0.4) is 0 Å². The minimum atomic E-state index is -0.568. The van der Waals surface area contributed by atoms with Gasteiger partial charge >= 0.3 is 0 Å². The first-order valence-corrected chi connectivity index (χ1v) is 12.6. The van der Waals surface area contributed by atoms with Crippen LogP contribution in [0.1, 0.15) is 59.3 Å². The summed E-state index contributed by atoms with van der Waals surface area (Å²) in [5.41, 5.74) is 0.930. The van der Waals surface area contributed by atoms with E-state index in [-0.39, 0.29) is 12.8 Å². The van der Waals surface area contributed by atoms with Gasteiger partial charge in [0, 0.05) is 36.3 Å². The van der Waals surface area contributed by atoms with Crippen LogP contribution in [0, 0.1) is 5.92 Å². The van der Waals surface area contributed by atoms with Crippen LogP contribution in [0.5, 0.6) is 11.5 Å². The Morgan fingerprint density at radius 2 is 2.03 bits per heavy atom. The second-order valence-corrected chi connectivity index (χ2v) is 9.76. The lowest BCUT2D eigenvalue weighted by molar-refractivity contribution is 0.0969. The molecule has 1 aliphatic heterocycles. The molecule has 1 saturated carbocycles. The van der Waals surface area contributed by atoms with Gasteiger partial charge < -0.3 is 30.5 Å². The molecule has 2 fully saturated rings. The maximum absolute atomic E-state index is 10.4. The lowest BCUT2D eigenvalue weighted by Crippen LogP contribution is -2.75. The zero-order chi connectivity index (χ0) is 23.8. The van der Waals surface area contributed by atoms with Crippen molar-refractivity contribution in [3.63, 3.8) is 0 Å². The lowest BCUT2D eigenvalue weighted by Gasteiger charge is -2.50. The summed E-state index contributed by atoms with van der Waals surface area (Å²) in [5.74, 6) is 1.16. The molecule has 0 amide bonds. The van der Waals surface area contributed by atoms with Gasteiger partial charge in [0.15, 0.2) is 11.5 Å². The van der Waals surface area contributed by atoms with E-state index >= 15 is 0 Å². The number of aliphatic hydroxyl groups excluding tert-OH is 1. The second-order valence-electron chi connectivity index (χ2n) is 9.76. The summed E-state index contributed by atoms with van der Waals surface area (Å²) < 4.78 is 11.5. The Kier molecular flexibility index (Phi) is 9.64. The molecule has 4 unspecified atom stereocenters. The molecule has 0 bridgehead atoms. The Labute approximate surface area is 199 Å². The number of ether oxygens (including phenoxy) is 2. The van der Waals surface area contributed by atoms with Crippen molar-refractivity contribution in [2.45, 2.75) is 89.4 Å². The third kappa shape index (κ3) is 6.96. The average Bonchev–Trinajstić information content (AvgIpc) is 2.76. The molecule has 1 aliphatic carbocycles. The summed E-state index contributed by atoms with van der Waals surface area (Å²) in [6, 6.07) is 6.78. The van der Waals surface area contributed by atoms with E-state index in [2.05, 4.69) is 47.4 Å². The average molecular weight is 464 g/mol. The van der Waals surface area contributed by atoms with Gasteiger partial charge in [-0.1, -0.05) is 26.7 Å². The van der Waals surface area contributed by atoms with Gasteiger partial charge in [-0.05, 0) is 51.8 Å². The highest BCUT2D eigenvalue weighted by Crippen LogP contribution is 2.33. The molecule has 1 heterocycles. The second kappa shape index (κ2) is 12.2. The van der Waals surface area contributed by atoms with Crippen molar-refractivity contribution in [3.8, 4) is 11.5 Å². The molecule has 1 aromatic carbocycles. The minimum absolute atomic E-state index is 0.209. The number of aliphatic hydroxyl groups is 1. The number of benzene rings is 1. The Hall–Kier alpha value is -1.58. The number of nitrogens with one attached hydrogen (secondary N) is 5. The van der Waals surface area contributed by atoms with Gasteiger partial charge in [-0.25, -0.2) is 0 Å². The van der Waals surface area contributed by atoms with Crippen LogP contribution >= 0.6 is 0 Å². The summed E-state index contributed by atoms with van der Waals surface area (Å²) in [5, 5.41) is 28.4. The van der Waals surface area contributed by atoms with Crippen LogP contribution < -0.4 is 36.1 Å². The molecule has 1 saturated heterocycles. The Morgan fingerprint density at radius 3 is 2.67 bits per heavy atom. The van der Waals surface area contributed by atoms with Crippen molar-refractivity contribution < 1.29 is 14.6 Å². The number of methoxy groups -OCH3 is 1. The van der Waals surface area contributed by atoms with Gasteiger partial charge in [0.1, 0.15) is 18.5 Å². The molecule has 188 valence electrons. The van der Waals surface area contributed by atoms with Crippen molar-refractivity contribution in [2.75, 3.05) is 32.6 Å². The summed E-state index contributed by atoms with van der Waals surface area (Å²) in [4.78, 5) is 0. The van der Waals surface area contributed by atoms with Crippen LogP contribution in [0.25, 0.3) is 0 Å². The SMILES string of the molecule is CCCC(C)C1(Nc2ccc(OC)c(OC[C@H](O)CNC3CCC3)c2)NC(C)CC(NC)N1. The van der Waals surface area contributed by atoms with Crippen LogP contribution in [0.15, 0.2) is 18.2 Å². The number of anilines is 1. The minimum Gasteiger partial charge on any atom is -0.493 e. The highest BCUT2D eigenvalue weighted by molar-refractivity contribution is 5.56. The molecule has 0 spiro atoms. The van der Waals surface area contributed by atoms with Crippen molar-refractivity contribution in [1.82, 2.24) is 21.3 Å². The van der Waals surface area contributed by atoms with Gasteiger partial charge in [-0.3, -0.25) is 10.6 Å². The predicted molar refractivity (Wildman–Crippen MR) is 134 cm³/mol. The highest BCUT2D eigenvalue weighted by atomic mass is 16.5. The molecule has 3 rings (SSSR count). The molecule has 8 heteroatoms. The monoisotopic (exact) mass is 463 g/mol. The van der Waals surface area contributed by atoms with E-state index in [1.165, 1.54) is 19.3 Å². The van der Waals surface area contributed by atoms with Gasteiger partial charge in [-0.2, -0.15) is 0 Å². The Morgan fingerprint density at radius 1 is 1.24 bits per heavy atom. The van der Waals surface area contributed by atoms with Gasteiger partial charge in [-0.15, -0.1) is 0 Å². The smallest absolute Gasteiger partial charge is 0.163 e. The van der Waals surface area contributed by atoms with Gasteiger partial charge in [0.05, 0.1) is 13.3 Å². The summed E-state index contributed by atoms with van der Waals surface area (Å²) in [6.07, 6.45) is 6.50. The normalized spacial score (nSPS) is 27.5. The van der Waals surface area contributed by atoms with Crippen molar-refractivity contribution in [2.24, 2.45) is 5.92 Å². The fourth-order valence-electron chi connectivity index (χ4n) is 4.75. The van der Waals surface area contributed by atoms with E-state index in [4.69, 9.17) is 9.47 Å². The van der Waals surface area contributed by atoms with Crippen LogP contribution in [0.4, 0.5) is 5.69 Å². The Bertz CT molecular complexity index is 732. The molecule has 2 aliphatic rings. The molecule has 1 aromatic rings. The number of rotatable bonds is 13. The maximum Gasteiger partial charge on any atom is 0.163 e. The van der Waals surface area contributed by atoms with E-state index < -0.39 is 11.9 Å². The van der Waals surface area contributed by atoms with Crippen molar-refractivity contribution in [1.29, 1.82) is 0 Å². The topological polar surface area (TPSA) is 98.8 Å². The van der Waals surface area contributed by atoms with Crippen molar-refractivity contribution in [3.05, 3.63) is 18.2 Å². The first-order chi connectivity index (χ1) is 15.9. The molecule has 0 aromatic heterocycles. The Balaban J connectivity index is 1.72. The zero-order valence-electron chi connectivity index (χ0n) is 21.0. The quantitative estimate of drug-likeness (QED) is 0.266. The van der Waals surface area contributed by atoms with E-state index in [0.717, 1.165) is 24.9 Å². The van der Waals surface area contributed by atoms with E-state index in [1.54, 1.807) is 7.11 Å². The zero-order valence-corrected chi connectivity index (χ0v) is 21.0. The van der Waals surface area contributed by atoms with Crippen LogP contribution in [-0.2, 0) is 0 Å². The molecule has 5 atom stereocenters. The molecule has 0 radical (unpaired) electrons. The number of hydrogen-bond acceptors (Lipinski definition) is 8. The first-order valence-electron chi connectivity index (χ1n) is 12.6. The number of hydrogen-bond donors (Lipinski definition) is 6. The summed E-state index contributed by atoms with van der Waals surface area (Å²) in [7, 11) is 3.63. The maximum atomic E-state index is 10.4. The first kappa shape index (κ1) is 26.0. The van der Waals surface area contributed by atoms with E-state index in [1.807, 2.05) is 25.2 Å². The molecular formula is C25H45N5O3. The summed E-state index contributed by atoms with van der Waals surface area (Å²) >= 11 is 0. The predicted octanol–water partition coefficient (Wildman–Crippen LogP) is 2.60. The third-order valence-electron chi connectivity index (χ3n) is 6.96. The van der Waals surface area contributed by atoms with E-state index in [9.17, 15) is 5.11 Å². The van der Waals surface area contributed by atoms with Crippen LogP contribution in [-0.4, -0.2) is 62.6 Å². The molecule has 33 heavy (non-hydrogen) atoms. The van der Waals surface area contributed by atoms with Crippen molar-refractivity contribution >= 4 is 5.69 Å². The van der Waals surface area contributed by atoms with Gasteiger partial charge in [0.25, 0.3) is 0 Å². The van der Waals surface area contributed by atoms with Crippen LogP contribution in [0.2, 0.25) is 0 Å². The molecule has 8 nitrogen and oxygen atoms in total. The largest absolute Gasteiger partial charge is 0.493 e. The molecular weight excluding hydrogens is 418 g/mol. The standard InChI is InChI=1S/C25H45N5O3/c1-6-8-17(2)25(28-18(3)13-24(26-4)30-25)29-20-11-12-22(32-5)23(14-20)33-16-21(31)15-27-19-9-7-10-19/h11-12,14,17-19,21,24,26-31H,6-10,13,15-16H2,1-5H3/t17?,18?,21-,24?,25?/m1/s1. The van der Waals surface area contributed by atoms with Gasteiger partial charge in [0.2, 0.25) is 0 Å². The fraction of sp³-hybridized carbons (Fsp3) is 0.760. The fourth-order valence-corrected chi connectivity index (χ4v) is 4.75. The van der Waals surface area contributed by atoms with E-state index in [0.29, 0.717) is 36.0 Å². The molecule has 6 N–H and O–H groups in total.